The van der Waals surface area contributed by atoms with Crippen molar-refractivity contribution in [1.29, 1.82) is 0 Å². The van der Waals surface area contributed by atoms with Crippen LogP contribution in [0.4, 0.5) is 30.2 Å². The van der Waals surface area contributed by atoms with Crippen molar-refractivity contribution in [2.75, 3.05) is 4.90 Å². The number of anilines is 1. The third-order valence-electron chi connectivity index (χ3n) is 11.5. The number of para-hydroxylation sites is 1. The number of hydrogen-bond acceptors (Lipinski definition) is 8. The van der Waals surface area contributed by atoms with Gasteiger partial charge < -0.3 is 9.13 Å². The van der Waals surface area contributed by atoms with E-state index in [0.29, 0.717) is 43.7 Å². The number of nitrogens with one attached hydrogen (secondary N) is 1. The van der Waals surface area contributed by atoms with Crippen molar-refractivity contribution in [1.82, 2.24) is 14.5 Å². The predicted octanol–water partition coefficient (Wildman–Crippen LogP) is 8.76. The molecule has 3 aromatic carbocycles. The minimum absolute atomic E-state index is 0.0276. The molecule has 4 heterocycles. The van der Waals surface area contributed by atoms with E-state index >= 15 is 13.2 Å². The summed E-state index contributed by atoms with van der Waals surface area (Å²) in [5, 5.41) is 28.7. The van der Waals surface area contributed by atoms with Gasteiger partial charge >= 0.3 is 6.18 Å². The number of halogens is 3. The lowest BCUT2D eigenvalue weighted by Crippen LogP contribution is -2.30. The molecule has 0 atom stereocenters. The van der Waals surface area contributed by atoms with E-state index in [1.54, 1.807) is 64.6 Å². The number of rotatable bonds is 6. The first kappa shape index (κ1) is 41.7. The summed E-state index contributed by atoms with van der Waals surface area (Å²) in [6.45, 7) is 10.9. The summed E-state index contributed by atoms with van der Waals surface area (Å²) < 4.78 is 49.6. The fourth-order valence-corrected chi connectivity index (χ4v) is 8.63. The maximum atomic E-state index is 15.4. The summed E-state index contributed by atoms with van der Waals surface area (Å²) in [4.78, 5) is 78.8. The maximum absolute atomic E-state index is 15.4. The van der Waals surface area contributed by atoms with Gasteiger partial charge in [0.05, 0.1) is 43.4 Å². The van der Waals surface area contributed by atoms with Gasteiger partial charge in [-0.1, -0.05) is 35.4 Å². The Morgan fingerprint density at radius 1 is 0.656 bits per heavy atom. The van der Waals surface area contributed by atoms with E-state index in [2.05, 4.69) is 5.32 Å². The Bertz CT molecular complexity index is 3020. The highest BCUT2D eigenvalue weighted by atomic mass is 19.4. The number of imide groups is 2. The van der Waals surface area contributed by atoms with Crippen molar-refractivity contribution in [3.05, 3.63) is 131 Å². The highest BCUT2D eigenvalue weighted by molar-refractivity contribution is 6.40. The number of fused-ring (bicyclic) bond motifs is 2. The SMILES string of the molecule is CC(C)=C1C(=O)NC(=O)/C1=C(/C)c1c(C)n(C)c2ccc(-c3c([N+](=O)[O-])cc(N4C(=O)C(=C(C)C)/C(=C(/c5c(C)n(C)c6ccccc56)C(F)(F)F)C4=O)cc3[N+](=O)[O-])cc12. The highest BCUT2D eigenvalue weighted by Gasteiger charge is 2.50. The molecule has 14 nitrogen and oxygen atoms in total. The molecule has 4 amide bonds. The number of aromatic nitrogens is 2. The Kier molecular flexibility index (Phi) is 9.84. The molecular weight excluding hydrogens is 798 g/mol. The molecule has 0 bridgehead atoms. The molecule has 0 aliphatic carbocycles. The van der Waals surface area contributed by atoms with Crippen LogP contribution in [0.15, 0.2) is 88.0 Å². The lowest BCUT2D eigenvalue weighted by atomic mass is 9.91. The number of carbonyl (C=O) groups is 4. The van der Waals surface area contributed by atoms with Gasteiger partial charge in [-0.3, -0.25) is 44.7 Å². The van der Waals surface area contributed by atoms with E-state index < -0.39 is 79.0 Å². The standard InChI is InChI=1S/C44H37F3N6O8/c1-19(2)32-35(41(55)48-40(32)54)21(5)34-22(6)49(8)29-15-14-24(16-27(29)34)37-30(52(58)59)17-25(18-31(37)53(60)61)51-42(56)33(20(3)4)38(43(51)57)39(44(45,46)47)36-23(7)50(9)28-13-11-10-12-26(28)36/h10-18H,1-9H3,(H,48,54,55)/b35-21-,39-38+. The number of hydrogen-bond donors (Lipinski definition) is 1. The number of aryl methyl sites for hydroxylation is 2. The molecule has 0 radical (unpaired) electrons. The molecule has 1 N–H and O–H groups in total. The maximum Gasteiger partial charge on any atom is 0.417 e. The Morgan fingerprint density at radius 2 is 1.16 bits per heavy atom. The van der Waals surface area contributed by atoms with Crippen LogP contribution in [0, 0.1) is 34.1 Å². The number of alkyl halides is 3. The second kappa shape index (κ2) is 14.4. The number of carbonyl (C=O) groups excluding carboxylic acids is 4. The van der Waals surface area contributed by atoms with Crippen molar-refractivity contribution >= 4 is 73.6 Å². The Hall–Kier alpha value is -7.43. The first-order valence-electron chi connectivity index (χ1n) is 18.7. The van der Waals surface area contributed by atoms with Crippen LogP contribution in [0.2, 0.25) is 0 Å². The molecule has 0 spiro atoms. The van der Waals surface area contributed by atoms with Gasteiger partial charge in [-0.05, 0) is 77.8 Å². The largest absolute Gasteiger partial charge is 0.417 e. The molecule has 61 heavy (non-hydrogen) atoms. The zero-order valence-electron chi connectivity index (χ0n) is 34.3. The van der Waals surface area contributed by atoms with E-state index in [1.807, 2.05) is 0 Å². The quantitative estimate of drug-likeness (QED) is 0.0763. The van der Waals surface area contributed by atoms with E-state index in [9.17, 15) is 39.4 Å². The summed E-state index contributed by atoms with van der Waals surface area (Å²) in [6, 6.07) is 12.2. The minimum Gasteiger partial charge on any atom is -0.347 e. The van der Waals surface area contributed by atoms with Gasteiger partial charge in [0.1, 0.15) is 5.56 Å². The van der Waals surface area contributed by atoms with Crippen molar-refractivity contribution in [3.8, 4) is 11.1 Å². The van der Waals surface area contributed by atoms with Crippen LogP contribution in [-0.2, 0) is 33.3 Å². The summed E-state index contributed by atoms with van der Waals surface area (Å²) in [5.74, 6) is -3.92. The van der Waals surface area contributed by atoms with Gasteiger partial charge in [-0.2, -0.15) is 13.2 Å². The van der Waals surface area contributed by atoms with Crippen LogP contribution in [-0.4, -0.2) is 48.8 Å². The smallest absolute Gasteiger partial charge is 0.347 e. The van der Waals surface area contributed by atoms with E-state index in [-0.39, 0.29) is 38.9 Å². The zero-order valence-corrected chi connectivity index (χ0v) is 34.3. The topological polar surface area (TPSA) is 180 Å². The lowest BCUT2D eigenvalue weighted by Gasteiger charge is -2.17. The summed E-state index contributed by atoms with van der Waals surface area (Å²) in [6.07, 6.45) is -5.20. The van der Waals surface area contributed by atoms with Crippen LogP contribution in [0.3, 0.4) is 0 Å². The molecule has 2 aromatic heterocycles. The van der Waals surface area contributed by atoms with Crippen molar-refractivity contribution in [3.63, 3.8) is 0 Å². The summed E-state index contributed by atoms with van der Waals surface area (Å²) >= 11 is 0. The molecule has 2 aliphatic heterocycles. The van der Waals surface area contributed by atoms with Crippen LogP contribution in [0.5, 0.6) is 0 Å². The number of nitrogens with zero attached hydrogens (tertiary/aromatic N) is 5. The second-order valence-electron chi connectivity index (χ2n) is 15.4. The molecule has 2 saturated heterocycles. The molecule has 17 heteroatoms. The van der Waals surface area contributed by atoms with Gasteiger partial charge in [0.15, 0.2) is 0 Å². The lowest BCUT2D eigenvalue weighted by molar-refractivity contribution is -0.392. The zero-order chi connectivity index (χ0) is 44.9. The first-order valence-corrected chi connectivity index (χ1v) is 18.7. The Labute approximate surface area is 345 Å². The van der Waals surface area contributed by atoms with Crippen LogP contribution in [0.1, 0.15) is 57.1 Å². The summed E-state index contributed by atoms with van der Waals surface area (Å²) in [5.41, 5.74) is -2.83. The Morgan fingerprint density at radius 3 is 1.70 bits per heavy atom. The Balaban J connectivity index is 1.48. The van der Waals surface area contributed by atoms with Crippen molar-refractivity contribution in [2.45, 2.75) is 54.6 Å². The highest BCUT2D eigenvalue weighted by Crippen LogP contribution is 2.49. The number of nitro groups is 2. The second-order valence-corrected chi connectivity index (χ2v) is 15.4. The normalized spacial score (nSPS) is 16.4. The molecule has 0 unspecified atom stereocenters. The van der Waals surface area contributed by atoms with Gasteiger partial charge in [0.25, 0.3) is 35.0 Å². The minimum atomic E-state index is -5.20. The number of allylic oxidation sites excluding steroid dienone is 4. The predicted molar refractivity (Wildman–Crippen MR) is 222 cm³/mol. The summed E-state index contributed by atoms with van der Waals surface area (Å²) in [7, 11) is 3.29. The third kappa shape index (κ3) is 6.26. The fourth-order valence-electron chi connectivity index (χ4n) is 8.63. The first-order chi connectivity index (χ1) is 28.5. The van der Waals surface area contributed by atoms with E-state index in [4.69, 9.17) is 0 Å². The number of amides is 4. The van der Waals surface area contributed by atoms with Gasteiger partial charge in [-0.15, -0.1) is 0 Å². The monoisotopic (exact) mass is 834 g/mol. The third-order valence-corrected chi connectivity index (χ3v) is 11.5. The van der Waals surface area contributed by atoms with Crippen LogP contribution >= 0.6 is 0 Å². The van der Waals surface area contributed by atoms with Crippen molar-refractivity contribution in [2.24, 2.45) is 14.1 Å². The average molecular weight is 835 g/mol. The number of benzene rings is 3. The number of nitro benzene ring substituents is 2. The van der Waals surface area contributed by atoms with Gasteiger partial charge in [0, 0.05) is 70.5 Å². The fraction of sp³-hybridized carbons (Fsp3) is 0.227. The molecule has 5 aromatic rings. The van der Waals surface area contributed by atoms with Crippen LogP contribution in [0.25, 0.3) is 44.1 Å². The van der Waals surface area contributed by atoms with Gasteiger partial charge in [0.2, 0.25) is 0 Å². The van der Waals surface area contributed by atoms with Crippen LogP contribution < -0.4 is 10.2 Å². The van der Waals surface area contributed by atoms with Crippen molar-refractivity contribution < 1.29 is 42.2 Å². The molecular formula is C44H37F3N6O8. The average Bonchev–Trinajstić information content (AvgIpc) is 3.81. The van der Waals surface area contributed by atoms with Gasteiger partial charge in [-0.25, -0.2) is 4.90 Å². The molecule has 2 fully saturated rings. The van der Waals surface area contributed by atoms with E-state index in [1.165, 1.54) is 49.6 Å². The molecule has 312 valence electrons. The molecule has 0 saturated carbocycles. The molecule has 7 rings (SSSR count). The van der Waals surface area contributed by atoms with E-state index in [0.717, 1.165) is 12.1 Å². The molecule has 2 aliphatic rings.